The molecule has 0 atom stereocenters. The molecule has 0 bridgehead atoms. The highest BCUT2D eigenvalue weighted by Gasteiger charge is 2.12. The molecule has 3 N–H and O–H groups in total. The van der Waals surface area contributed by atoms with E-state index in [9.17, 15) is 0 Å². The van der Waals surface area contributed by atoms with Gasteiger partial charge < -0.3 is 15.2 Å². The summed E-state index contributed by atoms with van der Waals surface area (Å²) in [5.41, 5.74) is 8.92. The van der Waals surface area contributed by atoms with E-state index < -0.39 is 0 Å². The van der Waals surface area contributed by atoms with Crippen LogP contribution in [0, 0.1) is 6.92 Å². The normalized spacial score (nSPS) is 11.2. The minimum atomic E-state index is 0.606. The van der Waals surface area contributed by atoms with Crippen LogP contribution in [0.25, 0.3) is 22.6 Å². The number of imidazole rings is 1. The molecule has 0 saturated carbocycles. The van der Waals surface area contributed by atoms with Gasteiger partial charge in [-0.2, -0.15) is 0 Å². The molecule has 2 aromatic heterocycles. The zero-order valence-corrected chi connectivity index (χ0v) is 10.6. The molecule has 0 aliphatic carbocycles. The van der Waals surface area contributed by atoms with Gasteiger partial charge >= 0.3 is 0 Å². The standard InChI is InChI=1S/C11H9BrN4O/c1-5-2-9(17-16-5)11-14-8-4-6(12)3-7(13)10(8)15-11/h2-4H,13H2,1H3,(H,14,15). The van der Waals surface area contributed by atoms with E-state index in [0.717, 1.165) is 21.2 Å². The molecule has 6 heteroatoms. The molecule has 3 rings (SSSR count). The van der Waals surface area contributed by atoms with E-state index in [1.807, 2.05) is 25.1 Å². The number of nitrogens with zero attached hydrogens (tertiary/aromatic N) is 2. The van der Waals surface area contributed by atoms with Gasteiger partial charge in [-0.1, -0.05) is 21.1 Å². The third kappa shape index (κ3) is 1.70. The van der Waals surface area contributed by atoms with Crippen molar-refractivity contribution >= 4 is 32.7 Å². The number of H-pyrrole nitrogens is 1. The first-order valence-electron chi connectivity index (χ1n) is 5.02. The van der Waals surface area contributed by atoms with E-state index in [0.29, 0.717) is 17.3 Å². The van der Waals surface area contributed by atoms with Gasteiger partial charge in [-0.05, 0) is 19.1 Å². The van der Waals surface area contributed by atoms with Crippen LogP contribution in [0.15, 0.2) is 27.2 Å². The second kappa shape index (κ2) is 3.59. The lowest BCUT2D eigenvalue weighted by molar-refractivity contribution is 0.425. The SMILES string of the molecule is Cc1cc(-c2nc3c(N)cc(Br)cc3[nH]2)on1. The second-order valence-corrected chi connectivity index (χ2v) is 4.72. The minimum absolute atomic E-state index is 0.606. The van der Waals surface area contributed by atoms with E-state index in [1.54, 1.807) is 0 Å². The topological polar surface area (TPSA) is 80.7 Å². The average Bonchev–Trinajstić information content (AvgIpc) is 2.83. The number of aromatic nitrogens is 3. The highest BCUT2D eigenvalue weighted by Crippen LogP contribution is 2.27. The van der Waals surface area contributed by atoms with Gasteiger partial charge in [0.15, 0.2) is 5.82 Å². The van der Waals surface area contributed by atoms with E-state index in [4.69, 9.17) is 10.3 Å². The lowest BCUT2D eigenvalue weighted by atomic mass is 10.3. The maximum atomic E-state index is 5.89. The van der Waals surface area contributed by atoms with Crippen molar-refractivity contribution in [2.45, 2.75) is 6.92 Å². The molecule has 0 fully saturated rings. The maximum Gasteiger partial charge on any atom is 0.202 e. The van der Waals surface area contributed by atoms with Crippen molar-refractivity contribution in [3.8, 4) is 11.6 Å². The van der Waals surface area contributed by atoms with Crippen molar-refractivity contribution in [3.63, 3.8) is 0 Å². The van der Waals surface area contributed by atoms with Gasteiger partial charge in [-0.15, -0.1) is 0 Å². The first kappa shape index (κ1) is 10.3. The number of fused-ring (bicyclic) bond motifs is 1. The Morgan fingerprint density at radius 1 is 1.35 bits per heavy atom. The van der Waals surface area contributed by atoms with Crippen molar-refractivity contribution in [3.05, 3.63) is 28.4 Å². The fourth-order valence-corrected chi connectivity index (χ4v) is 2.18. The Bertz CT molecular complexity index is 701. The number of nitrogen functional groups attached to an aromatic ring is 1. The predicted octanol–water partition coefficient (Wildman–Crippen LogP) is 2.87. The van der Waals surface area contributed by atoms with Gasteiger partial charge in [0.1, 0.15) is 5.52 Å². The van der Waals surface area contributed by atoms with Crippen LogP contribution in [0.3, 0.4) is 0 Å². The summed E-state index contributed by atoms with van der Waals surface area (Å²) in [4.78, 5) is 7.55. The molecule has 5 nitrogen and oxygen atoms in total. The summed E-state index contributed by atoms with van der Waals surface area (Å²) < 4.78 is 6.06. The van der Waals surface area contributed by atoms with Gasteiger partial charge in [-0.3, -0.25) is 0 Å². The number of rotatable bonds is 1. The minimum Gasteiger partial charge on any atom is -0.397 e. The Morgan fingerprint density at radius 2 is 2.18 bits per heavy atom. The number of halogens is 1. The average molecular weight is 293 g/mol. The summed E-state index contributed by atoms with van der Waals surface area (Å²) in [5, 5.41) is 3.83. The Labute approximate surface area is 105 Å². The number of aromatic amines is 1. The fourth-order valence-electron chi connectivity index (χ4n) is 1.70. The van der Waals surface area contributed by atoms with Crippen LogP contribution < -0.4 is 5.73 Å². The van der Waals surface area contributed by atoms with Crippen LogP contribution in [-0.2, 0) is 0 Å². The molecule has 0 radical (unpaired) electrons. The molecule has 3 aromatic rings. The van der Waals surface area contributed by atoms with Gasteiger partial charge in [-0.25, -0.2) is 4.98 Å². The highest BCUT2D eigenvalue weighted by atomic mass is 79.9. The number of benzene rings is 1. The fraction of sp³-hybridized carbons (Fsp3) is 0.0909. The van der Waals surface area contributed by atoms with Crippen molar-refractivity contribution < 1.29 is 4.52 Å². The van der Waals surface area contributed by atoms with Crippen LogP contribution in [0.2, 0.25) is 0 Å². The number of nitrogens with two attached hydrogens (primary N) is 1. The van der Waals surface area contributed by atoms with Crippen LogP contribution in [-0.4, -0.2) is 15.1 Å². The van der Waals surface area contributed by atoms with Gasteiger partial charge in [0.2, 0.25) is 5.76 Å². The summed E-state index contributed by atoms with van der Waals surface area (Å²) in [6.45, 7) is 1.86. The molecule has 0 spiro atoms. The Morgan fingerprint density at radius 3 is 2.88 bits per heavy atom. The number of hydrogen-bond donors (Lipinski definition) is 2. The van der Waals surface area contributed by atoms with Crippen LogP contribution in [0.5, 0.6) is 0 Å². The van der Waals surface area contributed by atoms with E-state index >= 15 is 0 Å². The van der Waals surface area contributed by atoms with E-state index in [2.05, 4.69) is 31.1 Å². The van der Waals surface area contributed by atoms with Gasteiger partial charge in [0.05, 0.1) is 16.9 Å². The monoisotopic (exact) mass is 292 g/mol. The Kier molecular flexibility index (Phi) is 2.19. The number of aryl methyl sites for hydroxylation is 1. The summed E-state index contributed by atoms with van der Waals surface area (Å²) in [5.74, 6) is 1.24. The molecule has 0 aliphatic rings. The summed E-state index contributed by atoms with van der Waals surface area (Å²) in [7, 11) is 0. The number of hydrogen-bond acceptors (Lipinski definition) is 4. The molecule has 0 unspecified atom stereocenters. The largest absolute Gasteiger partial charge is 0.397 e. The molecule has 1 aromatic carbocycles. The van der Waals surface area contributed by atoms with Crippen molar-refractivity contribution in [2.24, 2.45) is 0 Å². The molecule has 86 valence electrons. The van der Waals surface area contributed by atoms with Crippen LogP contribution >= 0.6 is 15.9 Å². The molecule has 17 heavy (non-hydrogen) atoms. The molecule has 2 heterocycles. The van der Waals surface area contributed by atoms with Crippen molar-refractivity contribution in [2.75, 3.05) is 5.73 Å². The van der Waals surface area contributed by atoms with Gasteiger partial charge in [0.25, 0.3) is 0 Å². The third-order valence-electron chi connectivity index (χ3n) is 2.44. The summed E-state index contributed by atoms with van der Waals surface area (Å²) >= 11 is 3.39. The molecular formula is C11H9BrN4O. The smallest absolute Gasteiger partial charge is 0.202 e. The first-order valence-corrected chi connectivity index (χ1v) is 5.81. The van der Waals surface area contributed by atoms with E-state index in [-0.39, 0.29) is 0 Å². The summed E-state index contributed by atoms with van der Waals surface area (Å²) in [6.07, 6.45) is 0. The van der Waals surface area contributed by atoms with Gasteiger partial charge in [0, 0.05) is 10.5 Å². The molecular weight excluding hydrogens is 284 g/mol. The Hall–Kier alpha value is -1.82. The zero-order valence-electron chi connectivity index (χ0n) is 8.99. The Balaban J connectivity index is 2.23. The lowest BCUT2D eigenvalue weighted by Crippen LogP contribution is -1.86. The zero-order chi connectivity index (χ0) is 12.0. The third-order valence-corrected chi connectivity index (χ3v) is 2.90. The predicted molar refractivity (Wildman–Crippen MR) is 68.4 cm³/mol. The molecule has 0 aliphatic heterocycles. The highest BCUT2D eigenvalue weighted by molar-refractivity contribution is 9.10. The first-order chi connectivity index (χ1) is 8.13. The van der Waals surface area contributed by atoms with Crippen molar-refractivity contribution in [1.29, 1.82) is 0 Å². The quantitative estimate of drug-likeness (QED) is 0.676. The lowest BCUT2D eigenvalue weighted by Gasteiger charge is -1.94. The number of anilines is 1. The molecule has 0 saturated heterocycles. The van der Waals surface area contributed by atoms with E-state index in [1.165, 1.54) is 0 Å². The van der Waals surface area contributed by atoms with Crippen molar-refractivity contribution in [1.82, 2.24) is 15.1 Å². The number of nitrogens with one attached hydrogen (secondary N) is 1. The second-order valence-electron chi connectivity index (χ2n) is 3.81. The maximum absolute atomic E-state index is 5.89. The summed E-state index contributed by atoms with van der Waals surface area (Å²) in [6, 6.07) is 5.56. The van der Waals surface area contributed by atoms with Crippen LogP contribution in [0.1, 0.15) is 5.69 Å². The van der Waals surface area contributed by atoms with Crippen LogP contribution in [0.4, 0.5) is 5.69 Å². The molecule has 0 amide bonds.